The first-order valence-corrected chi connectivity index (χ1v) is 12.5. The second kappa shape index (κ2) is 9.70. The Morgan fingerprint density at radius 2 is 2.10 bits per heavy atom. The number of nitrogens with zero attached hydrogens (tertiary/aromatic N) is 3. The second-order valence-electron chi connectivity index (χ2n) is 8.07. The van der Waals surface area contributed by atoms with Crippen LogP contribution in [0.15, 0.2) is 12.1 Å². The Morgan fingerprint density at radius 1 is 1.32 bits per heavy atom. The minimum Gasteiger partial charge on any atom is -0.381 e. The standard InChI is InChI=1S/C19H28ClN4O6P/c1-28-11-17(31(25,26)27)29-10-13-6-9-16(30-13)14-7-8-15-18(21-12-4-2-3-5-12)22-19(20)23-24(14)15/h7-8,12-13,16-17H,2-6,9-11H2,1H3,(H,21,22,23)(H2,25,26,27)/t13-,16+,17-/m0/s1. The van der Waals surface area contributed by atoms with Crippen molar-refractivity contribution in [2.75, 3.05) is 25.6 Å². The van der Waals surface area contributed by atoms with Gasteiger partial charge in [0.25, 0.3) is 0 Å². The van der Waals surface area contributed by atoms with Gasteiger partial charge < -0.3 is 29.3 Å². The van der Waals surface area contributed by atoms with Gasteiger partial charge in [-0.2, -0.15) is 4.98 Å². The molecule has 2 aliphatic rings. The average molecular weight is 475 g/mol. The summed E-state index contributed by atoms with van der Waals surface area (Å²) in [5, 5.41) is 8.02. The molecule has 0 spiro atoms. The molecule has 0 radical (unpaired) electrons. The maximum absolute atomic E-state index is 11.5. The number of nitrogens with one attached hydrogen (secondary N) is 1. The zero-order valence-corrected chi connectivity index (χ0v) is 19.0. The first kappa shape index (κ1) is 22.9. The first-order chi connectivity index (χ1) is 14.8. The molecule has 0 aromatic carbocycles. The second-order valence-corrected chi connectivity index (χ2v) is 10.2. The third-order valence-corrected chi connectivity index (χ3v) is 7.01. The van der Waals surface area contributed by atoms with Crippen LogP contribution in [0.2, 0.25) is 5.28 Å². The molecule has 3 heterocycles. The summed E-state index contributed by atoms with van der Waals surface area (Å²) in [5.74, 6) is -0.579. The lowest BCUT2D eigenvalue weighted by Crippen LogP contribution is -2.25. The Bertz CT molecular complexity index is 947. The van der Waals surface area contributed by atoms with E-state index in [9.17, 15) is 14.4 Å². The molecule has 1 aliphatic carbocycles. The molecule has 1 saturated heterocycles. The molecule has 10 nitrogen and oxygen atoms in total. The van der Waals surface area contributed by atoms with E-state index in [4.69, 9.17) is 25.8 Å². The fourth-order valence-corrected chi connectivity index (χ4v) is 5.04. The minimum atomic E-state index is -4.41. The van der Waals surface area contributed by atoms with E-state index in [1.54, 1.807) is 4.52 Å². The lowest BCUT2D eigenvalue weighted by atomic mass is 10.1. The lowest BCUT2D eigenvalue weighted by molar-refractivity contribution is -0.0439. The maximum atomic E-state index is 11.5. The van der Waals surface area contributed by atoms with E-state index in [2.05, 4.69) is 15.4 Å². The van der Waals surface area contributed by atoms with E-state index in [0.717, 1.165) is 36.3 Å². The molecule has 12 heteroatoms. The first-order valence-electron chi connectivity index (χ1n) is 10.5. The van der Waals surface area contributed by atoms with Gasteiger partial charge >= 0.3 is 7.60 Å². The number of aromatic nitrogens is 3. The Hall–Kier alpha value is -1.26. The van der Waals surface area contributed by atoms with Crippen molar-refractivity contribution in [3.8, 4) is 0 Å². The zero-order chi connectivity index (χ0) is 22.0. The number of methoxy groups -OCH3 is 1. The smallest absolute Gasteiger partial charge is 0.356 e. The van der Waals surface area contributed by atoms with Gasteiger partial charge in [0.2, 0.25) is 5.28 Å². The van der Waals surface area contributed by atoms with E-state index in [-0.39, 0.29) is 30.7 Å². The highest BCUT2D eigenvalue weighted by Crippen LogP contribution is 2.42. The van der Waals surface area contributed by atoms with Crippen LogP contribution in [0.5, 0.6) is 0 Å². The fraction of sp³-hybridized carbons (Fsp3) is 0.684. The SMILES string of the molecule is COC[C@@H](OC[C@@H]1CC[C@H](c2ccc3c(NC4CCCC4)nc(Cl)nn23)O1)P(=O)(O)O. The average Bonchev–Trinajstić information content (AvgIpc) is 3.44. The largest absolute Gasteiger partial charge is 0.381 e. The number of anilines is 1. The van der Waals surface area contributed by atoms with Crippen molar-refractivity contribution in [2.45, 2.75) is 62.6 Å². The predicted molar refractivity (Wildman–Crippen MR) is 114 cm³/mol. The van der Waals surface area contributed by atoms with Gasteiger partial charge in [-0.15, -0.1) is 5.10 Å². The summed E-state index contributed by atoms with van der Waals surface area (Å²) in [4.78, 5) is 23.2. The highest BCUT2D eigenvalue weighted by atomic mass is 35.5. The van der Waals surface area contributed by atoms with E-state index in [1.165, 1.54) is 20.0 Å². The van der Waals surface area contributed by atoms with Gasteiger partial charge in [-0.1, -0.05) is 12.8 Å². The lowest BCUT2D eigenvalue weighted by Gasteiger charge is -2.20. The number of fused-ring (bicyclic) bond motifs is 1. The molecule has 2 aromatic rings. The van der Waals surface area contributed by atoms with Crippen LogP contribution < -0.4 is 5.32 Å². The summed E-state index contributed by atoms with van der Waals surface area (Å²) < 4.78 is 29.7. The number of halogens is 1. The van der Waals surface area contributed by atoms with E-state index in [0.29, 0.717) is 12.5 Å². The van der Waals surface area contributed by atoms with Crippen molar-refractivity contribution < 1.29 is 28.6 Å². The predicted octanol–water partition coefficient (Wildman–Crippen LogP) is 3.12. The van der Waals surface area contributed by atoms with Gasteiger partial charge in [0, 0.05) is 13.2 Å². The van der Waals surface area contributed by atoms with E-state index in [1.807, 2.05) is 12.1 Å². The molecule has 172 valence electrons. The highest BCUT2D eigenvalue weighted by molar-refractivity contribution is 7.52. The molecule has 1 saturated carbocycles. The Kier molecular flexibility index (Phi) is 7.17. The van der Waals surface area contributed by atoms with Crippen LogP contribution in [0.25, 0.3) is 5.52 Å². The van der Waals surface area contributed by atoms with Gasteiger partial charge in [0.1, 0.15) is 11.6 Å². The maximum Gasteiger partial charge on any atom is 0.356 e. The number of ether oxygens (including phenoxy) is 3. The third-order valence-electron chi connectivity index (χ3n) is 5.81. The molecule has 1 aliphatic heterocycles. The van der Waals surface area contributed by atoms with Crippen LogP contribution in [0.3, 0.4) is 0 Å². The van der Waals surface area contributed by atoms with Crippen molar-refractivity contribution in [1.29, 1.82) is 0 Å². The highest BCUT2D eigenvalue weighted by Gasteiger charge is 2.34. The van der Waals surface area contributed by atoms with Gasteiger partial charge in [0.15, 0.2) is 11.7 Å². The van der Waals surface area contributed by atoms with Gasteiger partial charge in [0.05, 0.1) is 25.0 Å². The molecule has 3 N–H and O–H groups in total. The summed E-state index contributed by atoms with van der Waals surface area (Å²) in [6, 6.07) is 4.31. The van der Waals surface area contributed by atoms with Crippen LogP contribution in [0.1, 0.15) is 50.3 Å². The normalized spacial score (nSPS) is 23.6. The monoisotopic (exact) mass is 474 g/mol. The molecular weight excluding hydrogens is 447 g/mol. The molecule has 31 heavy (non-hydrogen) atoms. The van der Waals surface area contributed by atoms with Crippen molar-refractivity contribution in [3.63, 3.8) is 0 Å². The summed E-state index contributed by atoms with van der Waals surface area (Å²) in [6.45, 7) is -0.112. The van der Waals surface area contributed by atoms with Crippen molar-refractivity contribution in [1.82, 2.24) is 14.6 Å². The quantitative estimate of drug-likeness (QED) is 0.469. The molecule has 4 rings (SSSR count). The molecule has 0 amide bonds. The van der Waals surface area contributed by atoms with Crippen molar-refractivity contribution >= 4 is 30.5 Å². The van der Waals surface area contributed by atoms with Crippen LogP contribution in [-0.2, 0) is 18.8 Å². The third kappa shape index (κ3) is 5.39. The molecule has 2 aromatic heterocycles. The fourth-order valence-electron chi connectivity index (χ4n) is 4.25. The van der Waals surface area contributed by atoms with Crippen LogP contribution in [-0.4, -0.2) is 62.7 Å². The number of rotatable bonds is 9. The topological polar surface area (TPSA) is 127 Å². The van der Waals surface area contributed by atoms with Crippen molar-refractivity contribution in [3.05, 3.63) is 23.1 Å². The molecule has 3 atom stereocenters. The van der Waals surface area contributed by atoms with Crippen LogP contribution >= 0.6 is 19.2 Å². The summed E-state index contributed by atoms with van der Waals surface area (Å²) in [5.41, 5.74) is 1.70. The Balaban J connectivity index is 1.45. The minimum absolute atomic E-state index is 0.0726. The Labute approximate surface area is 185 Å². The van der Waals surface area contributed by atoms with Gasteiger partial charge in [-0.05, 0) is 49.4 Å². The number of hydrogen-bond acceptors (Lipinski definition) is 7. The van der Waals surface area contributed by atoms with Crippen LogP contribution in [0, 0.1) is 0 Å². The van der Waals surface area contributed by atoms with Crippen LogP contribution in [0.4, 0.5) is 5.82 Å². The molecule has 2 fully saturated rings. The Morgan fingerprint density at radius 3 is 2.81 bits per heavy atom. The molecular formula is C19H28ClN4O6P. The summed E-state index contributed by atoms with van der Waals surface area (Å²) >= 11 is 6.20. The van der Waals surface area contributed by atoms with Gasteiger partial charge in [-0.25, -0.2) is 4.52 Å². The number of hydrogen-bond donors (Lipinski definition) is 3. The van der Waals surface area contributed by atoms with Gasteiger partial charge in [-0.3, -0.25) is 4.57 Å². The van der Waals surface area contributed by atoms with Crippen molar-refractivity contribution in [2.24, 2.45) is 0 Å². The summed E-state index contributed by atoms with van der Waals surface area (Å²) in [7, 11) is -3.04. The van der Waals surface area contributed by atoms with E-state index >= 15 is 0 Å². The molecule has 0 unspecified atom stereocenters. The van der Waals surface area contributed by atoms with E-state index < -0.39 is 13.4 Å². The zero-order valence-electron chi connectivity index (χ0n) is 17.3. The molecule has 0 bridgehead atoms. The summed E-state index contributed by atoms with van der Waals surface area (Å²) in [6.07, 6.45) is 5.59.